The number of carbonyl (C=O) groups excluding carboxylic acids is 2. The van der Waals surface area contributed by atoms with E-state index in [-0.39, 0.29) is 11.8 Å². The zero-order valence-corrected chi connectivity index (χ0v) is 14.5. The van der Waals surface area contributed by atoms with Crippen LogP contribution in [0.1, 0.15) is 27.0 Å². The van der Waals surface area contributed by atoms with Gasteiger partial charge in [-0.15, -0.1) is 0 Å². The molecule has 0 saturated heterocycles. The van der Waals surface area contributed by atoms with Gasteiger partial charge in [-0.25, -0.2) is 4.98 Å². The Bertz CT molecular complexity index is 1080. The van der Waals surface area contributed by atoms with Gasteiger partial charge in [-0.3, -0.25) is 9.59 Å². The van der Waals surface area contributed by atoms with Gasteiger partial charge in [0.05, 0.1) is 5.41 Å². The van der Waals surface area contributed by atoms with Gasteiger partial charge in [0.25, 0.3) is 5.91 Å². The summed E-state index contributed by atoms with van der Waals surface area (Å²) < 4.78 is 0. The largest absolute Gasteiger partial charge is 0.322 e. The van der Waals surface area contributed by atoms with Gasteiger partial charge in [-0.05, 0) is 54.3 Å². The summed E-state index contributed by atoms with van der Waals surface area (Å²) in [7, 11) is 0. The summed E-state index contributed by atoms with van der Waals surface area (Å²) in [5.41, 5.74) is 3.95. The second-order valence-electron chi connectivity index (χ2n) is 7.09. The molecule has 1 aromatic heterocycles. The Morgan fingerprint density at radius 1 is 1.00 bits per heavy atom. The van der Waals surface area contributed by atoms with Crippen molar-refractivity contribution in [3.8, 4) is 0 Å². The molecule has 2 heterocycles. The van der Waals surface area contributed by atoms with Crippen LogP contribution in [-0.4, -0.2) is 16.8 Å². The predicted octanol–water partition coefficient (Wildman–Crippen LogP) is 3.32. The Morgan fingerprint density at radius 3 is 2.67 bits per heavy atom. The van der Waals surface area contributed by atoms with Crippen molar-refractivity contribution >= 4 is 23.3 Å². The molecule has 132 valence electrons. The van der Waals surface area contributed by atoms with Crippen molar-refractivity contribution in [2.75, 3.05) is 10.6 Å². The fraction of sp³-hybridized carbons (Fsp3) is 0.136. The molecule has 1 atom stereocenters. The van der Waals surface area contributed by atoms with Crippen molar-refractivity contribution in [1.82, 2.24) is 4.98 Å². The van der Waals surface area contributed by atoms with Gasteiger partial charge in [-0.1, -0.05) is 30.3 Å². The maximum Gasteiger partial charge on any atom is 0.255 e. The standard InChI is InChI=1S/C22H17N3O2/c26-20(14-5-2-1-3-6-14)24-17-9-8-15-12-22(13-16(15)11-17)18-7-4-10-23-19(18)25-21(22)27/h1-11H,12-13H2,(H,24,26)(H,23,25,27). The Hall–Kier alpha value is -3.47. The molecule has 3 aromatic rings. The summed E-state index contributed by atoms with van der Waals surface area (Å²) in [5.74, 6) is 0.520. The Morgan fingerprint density at radius 2 is 1.81 bits per heavy atom. The lowest BCUT2D eigenvalue weighted by Gasteiger charge is -2.20. The lowest BCUT2D eigenvalue weighted by atomic mass is 9.79. The maximum atomic E-state index is 12.8. The van der Waals surface area contributed by atoms with Gasteiger partial charge < -0.3 is 10.6 Å². The fourth-order valence-electron chi connectivity index (χ4n) is 4.14. The molecule has 5 heteroatoms. The first-order valence-electron chi connectivity index (χ1n) is 8.91. The van der Waals surface area contributed by atoms with Gasteiger partial charge in [-0.2, -0.15) is 0 Å². The zero-order valence-electron chi connectivity index (χ0n) is 14.5. The van der Waals surface area contributed by atoms with Crippen LogP contribution in [0.2, 0.25) is 0 Å². The molecule has 27 heavy (non-hydrogen) atoms. The number of fused-ring (bicyclic) bond motifs is 3. The number of nitrogens with zero attached hydrogens (tertiary/aromatic N) is 1. The van der Waals surface area contributed by atoms with Crippen molar-refractivity contribution in [2.45, 2.75) is 18.3 Å². The predicted molar refractivity (Wildman–Crippen MR) is 103 cm³/mol. The van der Waals surface area contributed by atoms with Crippen LogP contribution in [0.25, 0.3) is 0 Å². The molecule has 2 N–H and O–H groups in total. The minimum atomic E-state index is -0.589. The van der Waals surface area contributed by atoms with Crippen LogP contribution in [0.15, 0.2) is 66.9 Å². The van der Waals surface area contributed by atoms with E-state index >= 15 is 0 Å². The number of rotatable bonds is 2. The number of amides is 2. The Kier molecular flexibility index (Phi) is 3.37. The third-order valence-electron chi connectivity index (χ3n) is 5.47. The third-order valence-corrected chi connectivity index (χ3v) is 5.47. The van der Waals surface area contributed by atoms with E-state index in [1.54, 1.807) is 18.3 Å². The smallest absolute Gasteiger partial charge is 0.255 e. The van der Waals surface area contributed by atoms with E-state index in [1.807, 2.05) is 48.5 Å². The van der Waals surface area contributed by atoms with Gasteiger partial charge in [0.1, 0.15) is 5.82 Å². The third kappa shape index (κ3) is 2.43. The van der Waals surface area contributed by atoms with E-state index in [0.717, 1.165) is 22.4 Å². The van der Waals surface area contributed by atoms with Crippen molar-refractivity contribution < 1.29 is 9.59 Å². The van der Waals surface area contributed by atoms with Crippen LogP contribution >= 0.6 is 0 Å². The summed E-state index contributed by atoms with van der Waals surface area (Å²) in [6.45, 7) is 0. The van der Waals surface area contributed by atoms with E-state index < -0.39 is 5.41 Å². The number of pyridine rings is 1. The van der Waals surface area contributed by atoms with Crippen molar-refractivity contribution in [3.63, 3.8) is 0 Å². The average Bonchev–Trinajstić information content (AvgIpc) is 3.20. The number of benzene rings is 2. The molecule has 2 aromatic carbocycles. The van der Waals surface area contributed by atoms with Crippen LogP contribution in [0.3, 0.4) is 0 Å². The first kappa shape index (κ1) is 15.8. The van der Waals surface area contributed by atoms with E-state index in [1.165, 1.54) is 0 Å². The lowest BCUT2D eigenvalue weighted by molar-refractivity contribution is -0.120. The summed E-state index contributed by atoms with van der Waals surface area (Å²) in [6, 6.07) is 18.9. The molecule has 0 fully saturated rings. The molecule has 5 nitrogen and oxygen atoms in total. The number of aromatic nitrogens is 1. The highest BCUT2D eigenvalue weighted by atomic mass is 16.2. The van der Waals surface area contributed by atoms with Crippen LogP contribution < -0.4 is 10.6 Å². The van der Waals surface area contributed by atoms with E-state index in [2.05, 4.69) is 15.6 Å². The molecule has 0 bridgehead atoms. The van der Waals surface area contributed by atoms with E-state index in [4.69, 9.17) is 0 Å². The second kappa shape index (κ2) is 5.77. The molecule has 0 radical (unpaired) electrons. The average molecular weight is 355 g/mol. The van der Waals surface area contributed by atoms with Crippen LogP contribution in [0.5, 0.6) is 0 Å². The fourth-order valence-corrected chi connectivity index (χ4v) is 4.14. The molecule has 5 rings (SSSR count). The molecule has 2 aliphatic rings. The molecule has 1 aliphatic carbocycles. The van der Waals surface area contributed by atoms with Crippen LogP contribution in [-0.2, 0) is 23.1 Å². The molecule has 1 aliphatic heterocycles. The molecule has 0 saturated carbocycles. The highest BCUT2D eigenvalue weighted by molar-refractivity contribution is 6.06. The minimum Gasteiger partial charge on any atom is -0.322 e. The number of hydrogen-bond acceptors (Lipinski definition) is 3. The Balaban J connectivity index is 1.44. The number of anilines is 2. The molecule has 1 unspecified atom stereocenters. The topological polar surface area (TPSA) is 71.1 Å². The highest BCUT2D eigenvalue weighted by Crippen LogP contribution is 2.46. The summed E-state index contributed by atoms with van der Waals surface area (Å²) in [6.07, 6.45) is 2.96. The van der Waals surface area contributed by atoms with Crippen molar-refractivity contribution in [3.05, 3.63) is 89.1 Å². The van der Waals surface area contributed by atoms with Crippen LogP contribution in [0, 0.1) is 0 Å². The quantitative estimate of drug-likeness (QED) is 0.741. The maximum absolute atomic E-state index is 12.8. The van der Waals surface area contributed by atoms with E-state index in [9.17, 15) is 9.59 Å². The number of hydrogen-bond donors (Lipinski definition) is 2. The van der Waals surface area contributed by atoms with Gasteiger partial charge in [0.2, 0.25) is 5.91 Å². The highest BCUT2D eigenvalue weighted by Gasteiger charge is 2.51. The molecular weight excluding hydrogens is 338 g/mol. The molecular formula is C22H17N3O2. The second-order valence-corrected chi connectivity index (χ2v) is 7.09. The summed E-state index contributed by atoms with van der Waals surface area (Å²) >= 11 is 0. The van der Waals surface area contributed by atoms with Gasteiger partial charge in [0, 0.05) is 23.0 Å². The first-order chi connectivity index (χ1) is 13.2. The summed E-state index contributed by atoms with van der Waals surface area (Å²) in [4.78, 5) is 29.4. The molecule has 2 amide bonds. The van der Waals surface area contributed by atoms with Crippen molar-refractivity contribution in [2.24, 2.45) is 0 Å². The van der Waals surface area contributed by atoms with Crippen LogP contribution in [0.4, 0.5) is 11.5 Å². The molecule has 1 spiro atoms. The van der Waals surface area contributed by atoms with Gasteiger partial charge in [0.15, 0.2) is 0 Å². The number of carbonyl (C=O) groups is 2. The summed E-state index contributed by atoms with van der Waals surface area (Å²) in [5, 5.41) is 5.86. The Labute approximate surface area is 156 Å². The van der Waals surface area contributed by atoms with Gasteiger partial charge >= 0.3 is 0 Å². The normalized spacial score (nSPS) is 19.5. The SMILES string of the molecule is O=C(Nc1ccc2c(c1)CC1(C2)C(=O)Nc2ncccc21)c1ccccc1. The minimum absolute atomic E-state index is 0.00210. The lowest BCUT2D eigenvalue weighted by Crippen LogP contribution is -2.35. The van der Waals surface area contributed by atoms with Crippen molar-refractivity contribution in [1.29, 1.82) is 0 Å². The number of nitrogens with one attached hydrogen (secondary N) is 2. The van der Waals surface area contributed by atoms with E-state index in [0.29, 0.717) is 24.2 Å². The zero-order chi connectivity index (χ0) is 18.4. The monoisotopic (exact) mass is 355 g/mol. The first-order valence-corrected chi connectivity index (χ1v) is 8.91.